The Bertz CT molecular complexity index is 1370. The van der Waals surface area contributed by atoms with Crippen LogP contribution in [0.5, 0.6) is 5.75 Å². The van der Waals surface area contributed by atoms with E-state index < -0.39 is 0 Å². The molecular weight excluding hydrogens is 400 g/mol. The van der Waals surface area contributed by atoms with Gasteiger partial charge in [-0.05, 0) is 43.1 Å². The second-order valence-electron chi connectivity index (χ2n) is 8.02. The van der Waals surface area contributed by atoms with Crippen molar-refractivity contribution in [2.45, 2.75) is 25.9 Å². The lowest BCUT2D eigenvalue weighted by atomic mass is 10.0. The topological polar surface area (TPSA) is 102 Å². The van der Waals surface area contributed by atoms with Gasteiger partial charge in [-0.25, -0.2) is 9.97 Å². The highest BCUT2D eigenvalue weighted by Crippen LogP contribution is 2.37. The number of nitriles is 2. The highest BCUT2D eigenvalue weighted by Gasteiger charge is 2.24. The molecule has 0 radical (unpaired) electrons. The predicted octanol–water partition coefficient (Wildman–Crippen LogP) is 4.38. The standard InChI is InChI=1S/C25H22N6O/c1-2-31-9-7-19(8-10-31)32-24-21(13-27)28-15-22-23(24)20-11-18(14-29-25(20)30-22)17-5-3-16(12-26)4-6-17/h3-6,11,14-15,19H,2,7-10H2,1H3,(H,29,30). The zero-order valence-electron chi connectivity index (χ0n) is 17.8. The largest absolute Gasteiger partial charge is 0.487 e. The van der Waals surface area contributed by atoms with Gasteiger partial charge in [-0.2, -0.15) is 10.5 Å². The van der Waals surface area contributed by atoms with Crippen molar-refractivity contribution in [3.63, 3.8) is 0 Å². The summed E-state index contributed by atoms with van der Waals surface area (Å²) in [6, 6.07) is 13.8. The van der Waals surface area contributed by atoms with E-state index in [0.29, 0.717) is 17.0 Å². The summed E-state index contributed by atoms with van der Waals surface area (Å²) in [7, 11) is 0. The number of piperidine rings is 1. The quantitative estimate of drug-likeness (QED) is 0.523. The van der Waals surface area contributed by atoms with Crippen LogP contribution in [0.3, 0.4) is 0 Å². The minimum atomic E-state index is 0.0527. The van der Waals surface area contributed by atoms with Crippen molar-refractivity contribution in [3.05, 3.63) is 54.0 Å². The lowest BCUT2D eigenvalue weighted by Crippen LogP contribution is -2.38. The van der Waals surface area contributed by atoms with Gasteiger partial charge in [0, 0.05) is 30.2 Å². The Kier molecular flexibility index (Phi) is 5.18. The molecule has 0 amide bonds. The number of pyridine rings is 2. The number of aromatic nitrogens is 3. The number of nitrogens with zero attached hydrogens (tertiary/aromatic N) is 5. The first-order chi connectivity index (χ1) is 15.7. The Morgan fingerprint density at radius 2 is 1.84 bits per heavy atom. The fourth-order valence-electron chi connectivity index (χ4n) is 4.34. The number of H-pyrrole nitrogens is 1. The van der Waals surface area contributed by atoms with E-state index in [1.807, 2.05) is 12.1 Å². The van der Waals surface area contributed by atoms with Crippen molar-refractivity contribution in [1.29, 1.82) is 10.5 Å². The van der Waals surface area contributed by atoms with Crippen LogP contribution in [-0.2, 0) is 0 Å². The fourth-order valence-corrected chi connectivity index (χ4v) is 4.34. The molecule has 7 nitrogen and oxygen atoms in total. The molecule has 1 aliphatic heterocycles. The van der Waals surface area contributed by atoms with Crippen LogP contribution in [0, 0.1) is 22.7 Å². The third-order valence-electron chi connectivity index (χ3n) is 6.16. The van der Waals surface area contributed by atoms with Crippen LogP contribution < -0.4 is 4.74 Å². The average Bonchev–Trinajstić information content (AvgIpc) is 3.23. The van der Waals surface area contributed by atoms with Crippen LogP contribution in [-0.4, -0.2) is 45.6 Å². The van der Waals surface area contributed by atoms with Gasteiger partial charge in [0.1, 0.15) is 17.8 Å². The van der Waals surface area contributed by atoms with E-state index in [1.165, 1.54) is 0 Å². The molecule has 0 spiro atoms. The van der Waals surface area contributed by atoms with E-state index >= 15 is 0 Å². The van der Waals surface area contributed by atoms with Crippen molar-refractivity contribution in [1.82, 2.24) is 19.9 Å². The highest BCUT2D eigenvalue weighted by molar-refractivity contribution is 6.10. The summed E-state index contributed by atoms with van der Waals surface area (Å²) in [5.41, 5.74) is 4.33. The number of hydrogen-bond donors (Lipinski definition) is 1. The zero-order chi connectivity index (χ0) is 22.1. The van der Waals surface area contributed by atoms with Gasteiger partial charge in [0.25, 0.3) is 0 Å². The van der Waals surface area contributed by atoms with Gasteiger partial charge in [0.05, 0.1) is 28.7 Å². The molecule has 0 saturated carbocycles. The third-order valence-corrected chi connectivity index (χ3v) is 6.16. The second-order valence-corrected chi connectivity index (χ2v) is 8.02. The Morgan fingerprint density at radius 1 is 1.06 bits per heavy atom. The molecule has 0 aliphatic carbocycles. The molecule has 158 valence electrons. The Hall–Kier alpha value is -3.94. The third kappa shape index (κ3) is 3.53. The maximum atomic E-state index is 9.73. The minimum absolute atomic E-state index is 0.0527. The average molecular weight is 422 g/mol. The van der Waals surface area contributed by atoms with Crippen LogP contribution >= 0.6 is 0 Å². The molecule has 5 rings (SSSR count). The van der Waals surface area contributed by atoms with E-state index in [0.717, 1.165) is 65.5 Å². The molecule has 1 aromatic carbocycles. The summed E-state index contributed by atoms with van der Waals surface area (Å²) in [5, 5.41) is 20.5. The van der Waals surface area contributed by atoms with E-state index in [9.17, 15) is 5.26 Å². The molecule has 3 aromatic heterocycles. The fraction of sp³-hybridized carbons (Fsp3) is 0.280. The molecule has 4 heterocycles. The first kappa shape index (κ1) is 20.0. The molecule has 0 bridgehead atoms. The summed E-state index contributed by atoms with van der Waals surface area (Å²) in [6.07, 6.45) is 5.37. The van der Waals surface area contributed by atoms with Gasteiger partial charge in [0.15, 0.2) is 11.4 Å². The molecule has 1 saturated heterocycles. The Morgan fingerprint density at radius 3 is 2.53 bits per heavy atom. The summed E-state index contributed by atoms with van der Waals surface area (Å²) in [5.74, 6) is 0.532. The first-order valence-corrected chi connectivity index (χ1v) is 10.8. The van der Waals surface area contributed by atoms with Gasteiger partial charge in [-0.3, -0.25) is 0 Å². The number of rotatable bonds is 4. The molecule has 0 atom stereocenters. The van der Waals surface area contributed by atoms with Crippen LogP contribution in [0.15, 0.2) is 42.7 Å². The SMILES string of the molecule is CCN1CCC(Oc2c(C#N)ncc3[nH]c4ncc(-c5ccc(C#N)cc5)cc4c23)CC1. The molecule has 1 aliphatic rings. The van der Waals surface area contributed by atoms with Gasteiger partial charge >= 0.3 is 0 Å². The Balaban J connectivity index is 1.60. The van der Waals surface area contributed by atoms with Gasteiger partial charge in [-0.1, -0.05) is 19.1 Å². The van der Waals surface area contributed by atoms with Gasteiger partial charge in [0.2, 0.25) is 0 Å². The van der Waals surface area contributed by atoms with Crippen LogP contribution in [0.4, 0.5) is 0 Å². The van der Waals surface area contributed by atoms with Crippen molar-refractivity contribution >= 4 is 21.9 Å². The van der Waals surface area contributed by atoms with Crippen molar-refractivity contribution in [2.24, 2.45) is 0 Å². The van der Waals surface area contributed by atoms with Crippen molar-refractivity contribution in [3.8, 4) is 29.0 Å². The summed E-state index contributed by atoms with van der Waals surface area (Å²) >= 11 is 0. The number of ether oxygens (including phenoxy) is 1. The first-order valence-electron chi connectivity index (χ1n) is 10.8. The normalized spacial score (nSPS) is 15.0. The smallest absolute Gasteiger partial charge is 0.183 e. The van der Waals surface area contributed by atoms with E-state index in [1.54, 1.807) is 24.5 Å². The van der Waals surface area contributed by atoms with E-state index in [4.69, 9.17) is 10.00 Å². The van der Waals surface area contributed by atoms with Crippen LogP contribution in [0.2, 0.25) is 0 Å². The van der Waals surface area contributed by atoms with Crippen LogP contribution in [0.25, 0.3) is 33.1 Å². The molecule has 32 heavy (non-hydrogen) atoms. The number of fused-ring (bicyclic) bond motifs is 3. The summed E-state index contributed by atoms with van der Waals surface area (Å²) < 4.78 is 6.43. The number of benzene rings is 1. The lowest BCUT2D eigenvalue weighted by molar-refractivity contribution is 0.104. The lowest BCUT2D eigenvalue weighted by Gasteiger charge is -2.31. The number of aromatic amines is 1. The van der Waals surface area contributed by atoms with E-state index in [2.05, 4.69) is 45.0 Å². The number of hydrogen-bond acceptors (Lipinski definition) is 6. The summed E-state index contributed by atoms with van der Waals surface area (Å²) in [6.45, 7) is 5.19. The second kappa shape index (κ2) is 8.30. The maximum absolute atomic E-state index is 9.73. The monoisotopic (exact) mass is 422 g/mol. The number of nitrogens with one attached hydrogen (secondary N) is 1. The molecule has 1 N–H and O–H groups in total. The summed E-state index contributed by atoms with van der Waals surface area (Å²) in [4.78, 5) is 14.7. The predicted molar refractivity (Wildman–Crippen MR) is 122 cm³/mol. The Labute approximate surface area is 185 Å². The minimum Gasteiger partial charge on any atom is -0.487 e. The van der Waals surface area contributed by atoms with Crippen molar-refractivity contribution < 1.29 is 4.74 Å². The molecule has 0 unspecified atom stereocenters. The van der Waals surface area contributed by atoms with Crippen molar-refractivity contribution in [2.75, 3.05) is 19.6 Å². The van der Waals surface area contributed by atoms with Gasteiger partial charge in [-0.15, -0.1) is 0 Å². The molecule has 7 heteroatoms. The van der Waals surface area contributed by atoms with Gasteiger partial charge < -0.3 is 14.6 Å². The highest BCUT2D eigenvalue weighted by atomic mass is 16.5. The molecule has 1 fully saturated rings. The maximum Gasteiger partial charge on any atom is 0.183 e. The molecule has 4 aromatic rings. The molecular formula is C25H22N6O. The zero-order valence-corrected chi connectivity index (χ0v) is 17.8. The number of likely N-dealkylation sites (tertiary alicyclic amines) is 1. The van der Waals surface area contributed by atoms with E-state index in [-0.39, 0.29) is 6.10 Å². The van der Waals surface area contributed by atoms with Crippen LogP contribution in [0.1, 0.15) is 31.0 Å².